The zero-order valence-electron chi connectivity index (χ0n) is 13.2. The first kappa shape index (κ1) is 15.2. The maximum atomic E-state index is 5.38. The molecule has 0 unspecified atom stereocenters. The molecule has 2 atom stereocenters. The topological polar surface area (TPSA) is 52.0 Å². The third kappa shape index (κ3) is 2.78. The van der Waals surface area contributed by atoms with Crippen LogP contribution in [0.4, 0.5) is 5.95 Å². The van der Waals surface area contributed by atoms with Gasteiger partial charge in [-0.25, -0.2) is 4.68 Å². The molecular formula is C18H17BrN4O. The predicted octanol–water partition coefficient (Wildman–Crippen LogP) is 4.20. The molecule has 1 aliphatic heterocycles. The van der Waals surface area contributed by atoms with E-state index in [4.69, 9.17) is 4.74 Å². The monoisotopic (exact) mass is 384 g/mol. The van der Waals surface area contributed by atoms with Gasteiger partial charge in [0.25, 0.3) is 0 Å². The van der Waals surface area contributed by atoms with Crippen LogP contribution in [0.15, 0.2) is 59.3 Å². The van der Waals surface area contributed by atoms with E-state index in [1.54, 1.807) is 13.4 Å². The number of halogens is 1. The van der Waals surface area contributed by atoms with Crippen LogP contribution in [0.2, 0.25) is 0 Å². The van der Waals surface area contributed by atoms with Crippen molar-refractivity contribution in [2.75, 3.05) is 12.4 Å². The van der Waals surface area contributed by atoms with Gasteiger partial charge in [-0.05, 0) is 41.8 Å². The highest BCUT2D eigenvalue weighted by molar-refractivity contribution is 9.10. The highest BCUT2D eigenvalue weighted by Gasteiger charge is 2.30. The van der Waals surface area contributed by atoms with Gasteiger partial charge in [0.15, 0.2) is 0 Å². The van der Waals surface area contributed by atoms with Crippen LogP contribution in [-0.4, -0.2) is 21.9 Å². The zero-order chi connectivity index (χ0) is 16.5. The molecule has 24 heavy (non-hydrogen) atoms. The molecule has 0 amide bonds. The lowest BCUT2D eigenvalue weighted by molar-refractivity contribution is 0.406. The van der Waals surface area contributed by atoms with E-state index in [0.717, 1.165) is 22.6 Å². The van der Waals surface area contributed by atoms with Crippen LogP contribution in [0.5, 0.6) is 5.75 Å². The number of aromatic nitrogens is 3. The summed E-state index contributed by atoms with van der Waals surface area (Å²) in [7, 11) is 1.69. The van der Waals surface area contributed by atoms with Crippen molar-refractivity contribution in [2.45, 2.75) is 18.5 Å². The minimum atomic E-state index is 0.114. The Bertz CT molecular complexity index is 863. The van der Waals surface area contributed by atoms with E-state index >= 15 is 0 Å². The van der Waals surface area contributed by atoms with E-state index < -0.39 is 0 Å². The smallest absolute Gasteiger partial charge is 0.222 e. The van der Waals surface area contributed by atoms with Gasteiger partial charge in [-0.1, -0.05) is 40.2 Å². The van der Waals surface area contributed by atoms with Gasteiger partial charge in [0.1, 0.15) is 12.1 Å². The van der Waals surface area contributed by atoms with Crippen molar-refractivity contribution in [1.29, 1.82) is 0 Å². The number of fused-ring (bicyclic) bond motifs is 1. The maximum Gasteiger partial charge on any atom is 0.222 e. The van der Waals surface area contributed by atoms with Gasteiger partial charge in [-0.15, -0.1) is 0 Å². The van der Waals surface area contributed by atoms with E-state index in [1.165, 1.54) is 11.1 Å². The lowest BCUT2D eigenvalue weighted by Gasteiger charge is -2.32. The van der Waals surface area contributed by atoms with Gasteiger partial charge < -0.3 is 10.1 Å². The van der Waals surface area contributed by atoms with Crippen molar-refractivity contribution in [3.05, 3.63) is 70.5 Å². The van der Waals surface area contributed by atoms with Gasteiger partial charge in [-0.3, -0.25) is 0 Å². The van der Waals surface area contributed by atoms with E-state index in [9.17, 15) is 0 Å². The Balaban J connectivity index is 1.74. The Morgan fingerprint density at radius 3 is 2.83 bits per heavy atom. The Morgan fingerprint density at radius 1 is 1.17 bits per heavy atom. The summed E-state index contributed by atoms with van der Waals surface area (Å²) in [4.78, 5) is 4.37. The Morgan fingerprint density at radius 2 is 2.00 bits per heavy atom. The Labute approximate surface area is 148 Å². The fourth-order valence-electron chi connectivity index (χ4n) is 3.19. The third-order valence-corrected chi connectivity index (χ3v) is 4.85. The minimum Gasteiger partial charge on any atom is -0.497 e. The minimum absolute atomic E-state index is 0.114. The van der Waals surface area contributed by atoms with Crippen LogP contribution in [0.25, 0.3) is 0 Å². The molecule has 5 nitrogen and oxygen atoms in total. The fraction of sp³-hybridized carbons (Fsp3) is 0.222. The number of rotatable bonds is 3. The molecule has 122 valence electrons. The standard InChI is InChI=1S/C18H17BrN4O/c1-24-15-7-3-5-13(9-15)17-10-16(12-4-2-6-14(19)8-12)22-18-20-11-21-23(17)18/h2-9,11,16-17H,10H2,1H3,(H,20,21,22)/t16-,17-/m1/s1. The summed E-state index contributed by atoms with van der Waals surface area (Å²) in [6, 6.07) is 16.8. The van der Waals surface area contributed by atoms with Crippen LogP contribution in [-0.2, 0) is 0 Å². The van der Waals surface area contributed by atoms with Gasteiger partial charge in [0.2, 0.25) is 5.95 Å². The highest BCUT2D eigenvalue weighted by atomic mass is 79.9. The molecule has 0 spiro atoms. The maximum absolute atomic E-state index is 5.38. The quantitative estimate of drug-likeness (QED) is 0.735. The number of nitrogens with one attached hydrogen (secondary N) is 1. The average Bonchev–Trinajstić information content (AvgIpc) is 3.09. The molecule has 1 aliphatic rings. The summed E-state index contributed by atoms with van der Waals surface area (Å²) < 4.78 is 8.40. The fourth-order valence-corrected chi connectivity index (χ4v) is 3.61. The Hall–Kier alpha value is -2.34. The van der Waals surface area contributed by atoms with Gasteiger partial charge in [0.05, 0.1) is 19.2 Å². The third-order valence-electron chi connectivity index (χ3n) is 4.36. The molecule has 0 radical (unpaired) electrons. The number of hydrogen-bond acceptors (Lipinski definition) is 4. The number of hydrogen-bond donors (Lipinski definition) is 1. The first-order chi connectivity index (χ1) is 11.7. The van der Waals surface area contributed by atoms with E-state index in [2.05, 4.69) is 61.7 Å². The van der Waals surface area contributed by atoms with Crippen molar-refractivity contribution in [3.8, 4) is 5.75 Å². The molecule has 3 aromatic rings. The summed E-state index contributed by atoms with van der Waals surface area (Å²) in [5.41, 5.74) is 2.40. The van der Waals surface area contributed by atoms with Gasteiger partial charge >= 0.3 is 0 Å². The summed E-state index contributed by atoms with van der Waals surface area (Å²) in [6.45, 7) is 0. The molecule has 1 N–H and O–H groups in total. The van der Waals surface area contributed by atoms with Crippen molar-refractivity contribution >= 4 is 21.9 Å². The summed E-state index contributed by atoms with van der Waals surface area (Å²) in [6.07, 6.45) is 2.48. The molecule has 0 fully saturated rings. The van der Waals surface area contributed by atoms with Crippen LogP contribution < -0.4 is 10.1 Å². The molecule has 0 aliphatic carbocycles. The molecule has 2 aromatic carbocycles. The van der Waals surface area contributed by atoms with Crippen molar-refractivity contribution in [3.63, 3.8) is 0 Å². The van der Waals surface area contributed by atoms with Crippen LogP contribution in [0.1, 0.15) is 29.6 Å². The average molecular weight is 385 g/mol. The number of anilines is 1. The van der Waals surface area contributed by atoms with Crippen molar-refractivity contribution < 1.29 is 4.74 Å². The second-order valence-electron chi connectivity index (χ2n) is 5.81. The molecule has 0 saturated carbocycles. The van der Waals surface area contributed by atoms with Crippen molar-refractivity contribution in [1.82, 2.24) is 14.8 Å². The lowest BCUT2D eigenvalue weighted by atomic mass is 9.93. The largest absolute Gasteiger partial charge is 0.497 e. The molecule has 0 bridgehead atoms. The van der Waals surface area contributed by atoms with E-state index in [1.807, 2.05) is 22.9 Å². The molecule has 2 heterocycles. The van der Waals surface area contributed by atoms with Crippen LogP contribution >= 0.6 is 15.9 Å². The first-order valence-electron chi connectivity index (χ1n) is 7.80. The number of methoxy groups -OCH3 is 1. The predicted molar refractivity (Wildman–Crippen MR) is 96.3 cm³/mol. The van der Waals surface area contributed by atoms with E-state index in [-0.39, 0.29) is 12.1 Å². The van der Waals surface area contributed by atoms with Gasteiger partial charge in [0, 0.05) is 4.47 Å². The lowest BCUT2D eigenvalue weighted by Crippen LogP contribution is -2.28. The van der Waals surface area contributed by atoms with Crippen molar-refractivity contribution in [2.24, 2.45) is 0 Å². The van der Waals surface area contributed by atoms with Gasteiger partial charge in [-0.2, -0.15) is 10.1 Å². The highest BCUT2D eigenvalue weighted by Crippen LogP contribution is 2.38. The SMILES string of the molecule is COc1cccc([C@H]2C[C@H](c3cccc(Br)c3)Nc3ncnn32)c1. The number of ether oxygens (including phenoxy) is 1. The zero-order valence-corrected chi connectivity index (χ0v) is 14.8. The summed E-state index contributed by atoms with van der Waals surface area (Å²) in [5.74, 6) is 1.64. The summed E-state index contributed by atoms with van der Waals surface area (Å²) in [5, 5.41) is 7.89. The number of nitrogens with zero attached hydrogens (tertiary/aromatic N) is 3. The van der Waals surface area contributed by atoms with Crippen LogP contribution in [0, 0.1) is 0 Å². The number of benzene rings is 2. The normalized spacial score (nSPS) is 19.4. The molecule has 4 rings (SSSR count). The first-order valence-corrected chi connectivity index (χ1v) is 8.59. The summed E-state index contributed by atoms with van der Waals surface area (Å²) >= 11 is 3.55. The van der Waals surface area contributed by atoms with Crippen LogP contribution in [0.3, 0.4) is 0 Å². The molecule has 1 aromatic heterocycles. The molecule has 6 heteroatoms. The second-order valence-corrected chi connectivity index (χ2v) is 6.72. The molecule has 0 saturated heterocycles. The second kappa shape index (κ2) is 6.28. The Kier molecular flexibility index (Phi) is 3.98. The molecular weight excluding hydrogens is 368 g/mol. The van der Waals surface area contributed by atoms with E-state index in [0.29, 0.717) is 0 Å².